The summed E-state index contributed by atoms with van der Waals surface area (Å²) in [6.45, 7) is 3.58. The van der Waals surface area contributed by atoms with Gasteiger partial charge >= 0.3 is 5.97 Å². The van der Waals surface area contributed by atoms with Crippen LogP contribution in [0.2, 0.25) is 0 Å². The smallest absolute Gasteiger partial charge is 0.339 e. The first kappa shape index (κ1) is 21.6. The summed E-state index contributed by atoms with van der Waals surface area (Å²) in [7, 11) is -0.875. The molecule has 1 aliphatic rings. The van der Waals surface area contributed by atoms with Crippen LogP contribution in [0.15, 0.2) is 22.5 Å². The number of aryl methyl sites for hydroxylation is 1. The monoisotopic (exact) mass is 440 g/mol. The van der Waals surface area contributed by atoms with Crippen LogP contribution in [0.5, 0.6) is 0 Å². The highest BCUT2D eigenvalue weighted by Crippen LogP contribution is 2.28. The fourth-order valence-corrected chi connectivity index (χ4v) is 5.33. The Labute approximate surface area is 174 Å². The molecule has 0 saturated carbocycles. The number of esters is 1. The molecule has 158 valence electrons. The summed E-state index contributed by atoms with van der Waals surface area (Å²) in [6, 6.07) is 1.33. The van der Waals surface area contributed by atoms with E-state index in [0.29, 0.717) is 19.8 Å². The van der Waals surface area contributed by atoms with Crippen molar-refractivity contribution in [2.75, 3.05) is 45.4 Å². The highest BCUT2D eigenvalue weighted by atomic mass is 32.2. The van der Waals surface area contributed by atoms with Crippen LogP contribution >= 0.6 is 11.3 Å². The van der Waals surface area contributed by atoms with Crippen LogP contribution in [0.3, 0.4) is 0 Å². The van der Waals surface area contributed by atoms with Gasteiger partial charge in [0.2, 0.25) is 10.0 Å². The van der Waals surface area contributed by atoms with Crippen molar-refractivity contribution in [1.82, 2.24) is 14.3 Å². The molecule has 1 fully saturated rings. The van der Waals surface area contributed by atoms with E-state index in [1.807, 2.05) is 12.3 Å². The van der Waals surface area contributed by atoms with Gasteiger partial charge in [-0.3, -0.25) is 0 Å². The Kier molecular flexibility index (Phi) is 6.83. The normalized spacial score (nSPS) is 15.3. The minimum absolute atomic E-state index is 0.0317. The summed E-state index contributed by atoms with van der Waals surface area (Å²) in [5.41, 5.74) is 0.918. The molecule has 3 rings (SSSR count). The number of anilines is 1. The second-order valence-corrected chi connectivity index (χ2v) is 9.34. The van der Waals surface area contributed by atoms with Crippen molar-refractivity contribution in [2.45, 2.75) is 24.8 Å². The van der Waals surface area contributed by atoms with E-state index in [9.17, 15) is 13.2 Å². The van der Waals surface area contributed by atoms with Gasteiger partial charge in [-0.05, 0) is 12.5 Å². The molecule has 2 aromatic heterocycles. The number of thiazole rings is 1. The van der Waals surface area contributed by atoms with Gasteiger partial charge in [0.05, 0.1) is 43.1 Å². The molecule has 1 aliphatic heterocycles. The maximum absolute atomic E-state index is 13.3. The minimum atomic E-state index is -3.87. The molecular weight excluding hydrogens is 416 g/mol. The number of ether oxygens (including phenoxy) is 2. The van der Waals surface area contributed by atoms with E-state index >= 15 is 0 Å². The van der Waals surface area contributed by atoms with Crippen molar-refractivity contribution >= 4 is 33.1 Å². The third kappa shape index (κ3) is 4.74. The Morgan fingerprint density at radius 2 is 2.10 bits per heavy atom. The number of carbonyl (C=O) groups is 1. The number of hydrogen-bond acceptors (Lipinski definition) is 9. The number of methoxy groups -OCH3 is 1. The molecule has 29 heavy (non-hydrogen) atoms. The molecule has 0 radical (unpaired) electrons. The van der Waals surface area contributed by atoms with E-state index in [-0.39, 0.29) is 29.4 Å². The lowest BCUT2D eigenvalue weighted by molar-refractivity contribution is 0.0599. The van der Waals surface area contributed by atoms with Crippen molar-refractivity contribution in [3.63, 3.8) is 0 Å². The fraction of sp³-hybridized carbons (Fsp3) is 0.500. The average molecular weight is 441 g/mol. The molecule has 9 nitrogen and oxygen atoms in total. The number of morpholine rings is 1. The number of hydrogen-bond donors (Lipinski definition) is 0. The predicted octanol–water partition coefficient (Wildman–Crippen LogP) is 1.54. The Balaban J connectivity index is 1.99. The molecule has 0 atom stereocenters. The van der Waals surface area contributed by atoms with Gasteiger partial charge in [0, 0.05) is 31.7 Å². The van der Waals surface area contributed by atoms with Crippen LogP contribution in [0.25, 0.3) is 0 Å². The Bertz CT molecular complexity index is 970. The van der Waals surface area contributed by atoms with Crippen molar-refractivity contribution in [3.8, 4) is 0 Å². The number of sulfonamides is 1. The largest absolute Gasteiger partial charge is 0.465 e. The maximum atomic E-state index is 13.3. The summed E-state index contributed by atoms with van der Waals surface area (Å²) in [5, 5.41) is 2.97. The Morgan fingerprint density at radius 1 is 1.38 bits per heavy atom. The molecule has 0 spiro atoms. The standard InChI is InChI=1S/C18H24N4O5S2/c1-4-16-20-14(12-28-16)11-21(2)17-15(9-13(10-19-17)18(23)26-3)29(24,25)22-5-7-27-8-6-22/h9-10,12H,4-8,11H2,1-3H3. The molecular formula is C18H24N4O5S2. The van der Waals surface area contributed by atoms with E-state index in [1.54, 1.807) is 23.3 Å². The lowest BCUT2D eigenvalue weighted by atomic mass is 10.3. The number of pyridine rings is 1. The summed E-state index contributed by atoms with van der Waals surface area (Å²) < 4.78 is 38.0. The number of carbonyl (C=O) groups excluding carboxylic acids is 1. The molecule has 0 amide bonds. The zero-order valence-electron chi connectivity index (χ0n) is 16.6. The van der Waals surface area contributed by atoms with Gasteiger partial charge in [0.25, 0.3) is 0 Å². The van der Waals surface area contributed by atoms with Gasteiger partial charge in [-0.25, -0.2) is 23.2 Å². The summed E-state index contributed by atoms with van der Waals surface area (Å²) in [6.07, 6.45) is 2.17. The van der Waals surface area contributed by atoms with E-state index in [1.165, 1.54) is 23.7 Å². The summed E-state index contributed by atoms with van der Waals surface area (Å²) in [4.78, 5) is 22.5. The van der Waals surface area contributed by atoms with Crippen LogP contribution in [0.4, 0.5) is 5.82 Å². The number of nitrogens with zero attached hydrogens (tertiary/aromatic N) is 4. The zero-order valence-corrected chi connectivity index (χ0v) is 18.3. The molecule has 11 heteroatoms. The fourth-order valence-electron chi connectivity index (χ4n) is 2.97. The Hall–Kier alpha value is -2.08. The summed E-state index contributed by atoms with van der Waals surface area (Å²) in [5.74, 6) is -0.382. The van der Waals surface area contributed by atoms with E-state index in [4.69, 9.17) is 9.47 Å². The van der Waals surface area contributed by atoms with Crippen LogP contribution in [-0.4, -0.2) is 69.1 Å². The van der Waals surface area contributed by atoms with E-state index in [0.717, 1.165) is 17.1 Å². The van der Waals surface area contributed by atoms with Crippen molar-refractivity contribution < 1.29 is 22.7 Å². The second kappa shape index (κ2) is 9.16. The molecule has 0 bridgehead atoms. The lowest BCUT2D eigenvalue weighted by Gasteiger charge is -2.28. The van der Waals surface area contributed by atoms with Gasteiger partial charge in [-0.2, -0.15) is 4.31 Å². The molecule has 1 saturated heterocycles. The number of aromatic nitrogens is 2. The number of rotatable bonds is 7. The SMILES string of the molecule is CCc1nc(CN(C)c2ncc(C(=O)OC)cc2S(=O)(=O)N2CCOCC2)cs1. The van der Waals surface area contributed by atoms with Crippen LogP contribution < -0.4 is 4.90 Å². The topological polar surface area (TPSA) is 102 Å². The van der Waals surface area contributed by atoms with Gasteiger partial charge in [0.15, 0.2) is 0 Å². The van der Waals surface area contributed by atoms with Crippen LogP contribution in [-0.2, 0) is 32.5 Å². The molecule has 0 N–H and O–H groups in total. The Morgan fingerprint density at radius 3 is 2.72 bits per heavy atom. The first-order chi connectivity index (χ1) is 13.9. The summed E-state index contributed by atoms with van der Waals surface area (Å²) >= 11 is 1.57. The predicted molar refractivity (Wildman–Crippen MR) is 109 cm³/mol. The van der Waals surface area contributed by atoms with Gasteiger partial charge in [0.1, 0.15) is 10.7 Å². The highest BCUT2D eigenvalue weighted by Gasteiger charge is 2.31. The first-order valence-electron chi connectivity index (χ1n) is 9.17. The minimum Gasteiger partial charge on any atom is -0.465 e. The van der Waals surface area contributed by atoms with Gasteiger partial charge in [-0.1, -0.05) is 6.92 Å². The van der Waals surface area contributed by atoms with Crippen LogP contribution in [0.1, 0.15) is 28.0 Å². The van der Waals surface area contributed by atoms with Crippen molar-refractivity contribution in [2.24, 2.45) is 0 Å². The van der Waals surface area contributed by atoms with Gasteiger partial charge in [-0.15, -0.1) is 11.3 Å². The van der Waals surface area contributed by atoms with Crippen LogP contribution in [0, 0.1) is 0 Å². The molecule has 0 aromatic carbocycles. The van der Waals surface area contributed by atoms with E-state index in [2.05, 4.69) is 9.97 Å². The molecule has 2 aromatic rings. The third-order valence-electron chi connectivity index (χ3n) is 4.50. The lowest BCUT2D eigenvalue weighted by Crippen LogP contribution is -2.41. The quantitative estimate of drug-likeness (QED) is 0.598. The maximum Gasteiger partial charge on any atom is 0.339 e. The highest BCUT2D eigenvalue weighted by molar-refractivity contribution is 7.89. The molecule has 0 aliphatic carbocycles. The second-order valence-electron chi connectivity index (χ2n) is 6.50. The van der Waals surface area contributed by atoms with Crippen molar-refractivity contribution in [3.05, 3.63) is 33.9 Å². The van der Waals surface area contributed by atoms with Crippen molar-refractivity contribution in [1.29, 1.82) is 0 Å². The molecule has 3 heterocycles. The molecule has 0 unspecified atom stereocenters. The van der Waals surface area contributed by atoms with Gasteiger partial charge < -0.3 is 14.4 Å². The average Bonchev–Trinajstić information content (AvgIpc) is 3.20. The zero-order chi connectivity index (χ0) is 21.0. The first-order valence-corrected chi connectivity index (χ1v) is 11.5. The van der Waals surface area contributed by atoms with E-state index < -0.39 is 16.0 Å². The third-order valence-corrected chi connectivity index (χ3v) is 7.45.